The third-order valence-corrected chi connectivity index (χ3v) is 3.84. The van der Waals surface area contributed by atoms with Gasteiger partial charge in [-0.3, -0.25) is 9.69 Å². The Morgan fingerprint density at radius 1 is 1.60 bits per heavy atom. The molecule has 0 aliphatic carbocycles. The molecule has 0 aromatic heterocycles. The number of likely N-dealkylation sites (tertiary alicyclic amines) is 1. The maximum absolute atomic E-state index is 13.9. The van der Waals surface area contributed by atoms with Crippen LogP contribution in [0.3, 0.4) is 0 Å². The fraction of sp³-hybridized carbons (Fsp3) is 0.500. The van der Waals surface area contributed by atoms with Crippen LogP contribution in [0, 0.1) is 5.82 Å². The second kappa shape index (κ2) is 6.52. The van der Waals surface area contributed by atoms with E-state index < -0.39 is 23.9 Å². The summed E-state index contributed by atoms with van der Waals surface area (Å²) in [5.74, 6) is -0.988. The van der Waals surface area contributed by atoms with Crippen molar-refractivity contribution in [2.45, 2.75) is 31.5 Å². The zero-order chi connectivity index (χ0) is 14.7. The number of hydrogen-bond donors (Lipinski definition) is 1. The molecular weight excluding hydrogens is 285 g/mol. The van der Waals surface area contributed by atoms with E-state index >= 15 is 0 Å². The summed E-state index contributed by atoms with van der Waals surface area (Å²) in [4.78, 5) is 13.5. The van der Waals surface area contributed by atoms with Crippen LogP contribution in [0.2, 0.25) is 5.02 Å². The van der Waals surface area contributed by atoms with Gasteiger partial charge in [0.2, 0.25) is 0 Å². The number of ether oxygens (including phenoxy) is 1. The Balaban J connectivity index is 2.21. The zero-order valence-corrected chi connectivity index (χ0v) is 11.9. The molecule has 110 valence electrons. The third kappa shape index (κ3) is 3.11. The van der Waals surface area contributed by atoms with Crippen molar-refractivity contribution in [2.75, 3.05) is 13.7 Å². The van der Waals surface area contributed by atoms with Crippen molar-refractivity contribution in [1.29, 1.82) is 0 Å². The minimum absolute atomic E-state index is 0.0506. The Morgan fingerprint density at radius 3 is 3.05 bits per heavy atom. The van der Waals surface area contributed by atoms with Crippen molar-refractivity contribution >= 4 is 17.6 Å². The molecule has 2 rings (SSSR count). The summed E-state index contributed by atoms with van der Waals surface area (Å²) in [5.41, 5.74) is 0.403. The molecule has 6 heteroatoms. The van der Waals surface area contributed by atoms with E-state index in [-0.39, 0.29) is 11.6 Å². The van der Waals surface area contributed by atoms with Gasteiger partial charge in [0.25, 0.3) is 0 Å². The van der Waals surface area contributed by atoms with Gasteiger partial charge in [-0.05, 0) is 25.5 Å². The van der Waals surface area contributed by atoms with Crippen LogP contribution in [-0.2, 0) is 16.1 Å². The first-order chi connectivity index (χ1) is 9.54. The van der Waals surface area contributed by atoms with Crippen LogP contribution in [0.25, 0.3) is 0 Å². The number of halogens is 2. The fourth-order valence-corrected chi connectivity index (χ4v) is 2.73. The Morgan fingerprint density at radius 2 is 2.35 bits per heavy atom. The lowest BCUT2D eigenvalue weighted by molar-refractivity contribution is -0.154. The number of hydrogen-bond acceptors (Lipinski definition) is 4. The molecule has 1 aliphatic heterocycles. The van der Waals surface area contributed by atoms with Gasteiger partial charge < -0.3 is 9.84 Å². The van der Waals surface area contributed by atoms with Crippen molar-refractivity contribution in [1.82, 2.24) is 4.90 Å². The highest BCUT2D eigenvalue weighted by Gasteiger charge is 2.36. The molecule has 0 amide bonds. The molecule has 1 aliphatic rings. The van der Waals surface area contributed by atoms with Crippen LogP contribution in [0.5, 0.6) is 0 Å². The highest BCUT2D eigenvalue weighted by atomic mass is 35.5. The molecule has 1 fully saturated rings. The fourth-order valence-electron chi connectivity index (χ4n) is 2.54. The molecule has 1 N–H and O–H groups in total. The van der Waals surface area contributed by atoms with E-state index in [9.17, 15) is 14.3 Å². The molecule has 2 atom stereocenters. The van der Waals surface area contributed by atoms with Crippen molar-refractivity contribution in [2.24, 2.45) is 0 Å². The first-order valence-corrected chi connectivity index (χ1v) is 6.85. The number of carbonyl (C=O) groups is 1. The summed E-state index contributed by atoms with van der Waals surface area (Å²) in [6.45, 7) is 0.812. The van der Waals surface area contributed by atoms with Crippen molar-refractivity contribution in [3.8, 4) is 0 Å². The lowest BCUT2D eigenvalue weighted by Crippen LogP contribution is -2.52. The Hall–Kier alpha value is -1.17. The van der Waals surface area contributed by atoms with E-state index in [0.29, 0.717) is 18.5 Å². The Labute approximate surface area is 122 Å². The van der Waals surface area contributed by atoms with Gasteiger partial charge in [-0.25, -0.2) is 4.39 Å². The first-order valence-electron chi connectivity index (χ1n) is 6.47. The summed E-state index contributed by atoms with van der Waals surface area (Å²) in [7, 11) is 1.28. The molecule has 0 saturated carbocycles. The van der Waals surface area contributed by atoms with E-state index in [1.54, 1.807) is 17.0 Å². The van der Waals surface area contributed by atoms with E-state index in [1.165, 1.54) is 13.2 Å². The molecule has 1 aromatic rings. The second-order valence-electron chi connectivity index (χ2n) is 4.86. The van der Waals surface area contributed by atoms with Gasteiger partial charge in [-0.1, -0.05) is 23.7 Å². The number of methoxy groups -OCH3 is 1. The molecule has 1 aromatic carbocycles. The summed E-state index contributed by atoms with van der Waals surface area (Å²) >= 11 is 5.75. The van der Waals surface area contributed by atoms with Gasteiger partial charge in [0, 0.05) is 12.1 Å². The lowest BCUT2D eigenvalue weighted by Gasteiger charge is -2.37. The average molecular weight is 302 g/mol. The van der Waals surface area contributed by atoms with Crippen LogP contribution in [0.15, 0.2) is 18.2 Å². The van der Waals surface area contributed by atoms with E-state index in [1.807, 2.05) is 0 Å². The van der Waals surface area contributed by atoms with Gasteiger partial charge in [-0.2, -0.15) is 0 Å². The molecule has 4 nitrogen and oxygen atoms in total. The zero-order valence-electron chi connectivity index (χ0n) is 11.2. The summed E-state index contributed by atoms with van der Waals surface area (Å²) in [6.07, 6.45) is 0.490. The van der Waals surface area contributed by atoms with Crippen molar-refractivity contribution in [3.05, 3.63) is 34.6 Å². The molecule has 0 radical (unpaired) electrons. The highest BCUT2D eigenvalue weighted by Crippen LogP contribution is 2.24. The predicted molar refractivity (Wildman–Crippen MR) is 72.9 cm³/mol. The normalized spacial score (nSPS) is 23.6. The van der Waals surface area contributed by atoms with Crippen LogP contribution >= 0.6 is 11.6 Å². The number of esters is 1. The molecule has 1 saturated heterocycles. The summed E-state index contributed by atoms with van der Waals surface area (Å²) in [5, 5.41) is 10.0. The Kier molecular flexibility index (Phi) is 4.96. The number of nitrogens with zero attached hydrogens (tertiary/aromatic N) is 1. The van der Waals surface area contributed by atoms with Crippen LogP contribution in [-0.4, -0.2) is 41.8 Å². The second-order valence-corrected chi connectivity index (χ2v) is 5.27. The van der Waals surface area contributed by atoms with Crippen molar-refractivity contribution < 1.29 is 19.0 Å². The SMILES string of the molecule is COC(=O)[C@@H]1[C@H](O)CCCN1Cc1cccc(Cl)c1F. The molecular formula is C14H17ClFNO3. The van der Waals surface area contributed by atoms with Gasteiger partial charge in [0.15, 0.2) is 0 Å². The van der Waals surface area contributed by atoms with Crippen molar-refractivity contribution in [3.63, 3.8) is 0 Å². The van der Waals surface area contributed by atoms with Crippen LogP contribution < -0.4 is 0 Å². The van der Waals surface area contributed by atoms with Crippen LogP contribution in [0.1, 0.15) is 18.4 Å². The minimum atomic E-state index is -0.793. The summed E-state index contributed by atoms with van der Waals surface area (Å²) < 4.78 is 18.6. The molecule has 1 heterocycles. The smallest absolute Gasteiger partial charge is 0.325 e. The topological polar surface area (TPSA) is 49.8 Å². The predicted octanol–water partition coefficient (Wildman–Crippen LogP) is 1.98. The number of aliphatic hydroxyl groups is 1. The quantitative estimate of drug-likeness (QED) is 0.867. The molecule has 0 spiro atoms. The van der Waals surface area contributed by atoms with Gasteiger partial charge in [0.1, 0.15) is 11.9 Å². The van der Waals surface area contributed by atoms with Gasteiger partial charge in [0.05, 0.1) is 18.2 Å². The number of aliphatic hydroxyl groups excluding tert-OH is 1. The largest absolute Gasteiger partial charge is 0.468 e. The standard InChI is InChI=1S/C14H17ClFNO3/c1-20-14(19)13-11(18)6-3-7-17(13)8-9-4-2-5-10(15)12(9)16/h2,4-5,11,13,18H,3,6-8H2,1H3/t11-,13+/m1/s1. The number of carbonyl (C=O) groups excluding carboxylic acids is 1. The molecule has 20 heavy (non-hydrogen) atoms. The number of piperidine rings is 1. The first kappa shape index (κ1) is 15.2. The number of benzene rings is 1. The maximum atomic E-state index is 13.9. The lowest BCUT2D eigenvalue weighted by atomic mass is 9.98. The van der Waals surface area contributed by atoms with E-state index in [0.717, 1.165) is 6.42 Å². The minimum Gasteiger partial charge on any atom is -0.468 e. The Bertz CT molecular complexity index is 497. The highest BCUT2D eigenvalue weighted by molar-refractivity contribution is 6.30. The van der Waals surface area contributed by atoms with Gasteiger partial charge in [-0.15, -0.1) is 0 Å². The molecule has 0 bridgehead atoms. The average Bonchev–Trinajstić information content (AvgIpc) is 2.43. The molecule has 0 unspecified atom stereocenters. The summed E-state index contributed by atoms with van der Waals surface area (Å²) in [6, 6.07) is 4.00. The number of rotatable bonds is 3. The monoisotopic (exact) mass is 301 g/mol. The van der Waals surface area contributed by atoms with E-state index in [4.69, 9.17) is 16.3 Å². The maximum Gasteiger partial charge on any atom is 0.325 e. The van der Waals surface area contributed by atoms with Crippen LogP contribution in [0.4, 0.5) is 4.39 Å². The van der Waals surface area contributed by atoms with E-state index in [2.05, 4.69) is 0 Å². The third-order valence-electron chi connectivity index (χ3n) is 3.55. The van der Waals surface area contributed by atoms with Gasteiger partial charge >= 0.3 is 5.97 Å².